The predicted molar refractivity (Wildman–Crippen MR) is 142 cm³/mol. The molecule has 0 aromatic heterocycles. The van der Waals surface area contributed by atoms with Gasteiger partial charge in [-0.3, -0.25) is 14.5 Å². The van der Waals surface area contributed by atoms with Crippen molar-refractivity contribution in [2.24, 2.45) is 0 Å². The van der Waals surface area contributed by atoms with Gasteiger partial charge in [0.25, 0.3) is 5.91 Å². The van der Waals surface area contributed by atoms with Crippen molar-refractivity contribution < 1.29 is 9.59 Å². The van der Waals surface area contributed by atoms with Crippen molar-refractivity contribution in [2.45, 2.75) is 39.4 Å². The van der Waals surface area contributed by atoms with Gasteiger partial charge in [-0.25, -0.2) is 0 Å². The van der Waals surface area contributed by atoms with Crippen LogP contribution in [0.15, 0.2) is 77.3 Å². The summed E-state index contributed by atoms with van der Waals surface area (Å²) in [5, 5.41) is 12.8. The number of nitriles is 1. The minimum Gasteiger partial charge on any atom is -0.321 e. The van der Waals surface area contributed by atoms with Gasteiger partial charge in [-0.1, -0.05) is 65.9 Å². The maximum atomic E-state index is 13.7. The van der Waals surface area contributed by atoms with Crippen molar-refractivity contribution in [3.63, 3.8) is 0 Å². The molecule has 1 aliphatic heterocycles. The van der Waals surface area contributed by atoms with Crippen molar-refractivity contribution >= 4 is 35.0 Å². The van der Waals surface area contributed by atoms with E-state index in [2.05, 4.69) is 17.5 Å². The monoisotopic (exact) mass is 481 g/mol. The number of nitrogens with one attached hydrogen (secondary N) is 1. The largest absolute Gasteiger partial charge is 0.321 e. The number of amides is 2. The van der Waals surface area contributed by atoms with E-state index in [1.54, 1.807) is 6.07 Å². The zero-order valence-electron chi connectivity index (χ0n) is 20.3. The SMILES string of the molecule is Cc1cccc(CC2S/C(=C(/C#N)C(=O)Nc3ccccc3C)N(c3ccc(C)c(C)c3)C2=O)c1. The lowest BCUT2D eigenvalue weighted by Gasteiger charge is -2.20. The summed E-state index contributed by atoms with van der Waals surface area (Å²) in [6.07, 6.45) is 0.508. The molecule has 0 spiro atoms. The fourth-order valence-electron chi connectivity index (χ4n) is 4.04. The molecule has 3 aromatic carbocycles. The van der Waals surface area contributed by atoms with E-state index in [4.69, 9.17) is 0 Å². The zero-order chi connectivity index (χ0) is 25.1. The van der Waals surface area contributed by atoms with E-state index in [1.165, 1.54) is 16.7 Å². The first kappa shape index (κ1) is 24.3. The number of carbonyl (C=O) groups excluding carboxylic acids is 2. The minimum absolute atomic E-state index is 0.0726. The molecule has 35 heavy (non-hydrogen) atoms. The van der Waals surface area contributed by atoms with Crippen LogP contribution in [0.5, 0.6) is 0 Å². The second-order valence-electron chi connectivity index (χ2n) is 8.80. The summed E-state index contributed by atoms with van der Waals surface area (Å²) in [7, 11) is 0. The second kappa shape index (κ2) is 10.2. The molecule has 0 radical (unpaired) electrons. The molecule has 0 bridgehead atoms. The van der Waals surface area contributed by atoms with E-state index in [9.17, 15) is 14.9 Å². The molecule has 1 aliphatic rings. The quantitative estimate of drug-likeness (QED) is 0.359. The molecule has 1 heterocycles. The standard InChI is InChI=1S/C29H27N3O2S/c1-18-8-7-10-22(14-18)16-26-28(34)32(23-13-12-19(2)21(4)15-23)29(35-26)24(17-30)27(33)31-25-11-6-5-9-20(25)3/h5-15,26H,16H2,1-4H3,(H,31,33)/b29-24-. The van der Waals surface area contributed by atoms with Crippen LogP contribution in [0, 0.1) is 39.0 Å². The highest BCUT2D eigenvalue weighted by atomic mass is 32.2. The lowest BCUT2D eigenvalue weighted by Crippen LogP contribution is -2.31. The maximum absolute atomic E-state index is 13.7. The van der Waals surface area contributed by atoms with Gasteiger partial charge in [-0.05, 0) is 74.6 Å². The van der Waals surface area contributed by atoms with Crippen LogP contribution in [0.2, 0.25) is 0 Å². The molecule has 4 rings (SSSR count). The summed E-state index contributed by atoms with van der Waals surface area (Å²) in [5.74, 6) is -0.659. The Balaban J connectivity index is 1.76. The van der Waals surface area contributed by atoms with Gasteiger partial charge in [0.2, 0.25) is 5.91 Å². The highest BCUT2D eigenvalue weighted by molar-refractivity contribution is 8.05. The van der Waals surface area contributed by atoms with Gasteiger partial charge in [0.1, 0.15) is 16.7 Å². The van der Waals surface area contributed by atoms with Crippen molar-refractivity contribution in [2.75, 3.05) is 10.2 Å². The Morgan fingerprint density at radius 1 is 0.971 bits per heavy atom. The first-order chi connectivity index (χ1) is 16.8. The van der Waals surface area contributed by atoms with Gasteiger partial charge < -0.3 is 5.32 Å². The highest BCUT2D eigenvalue weighted by Gasteiger charge is 2.41. The molecule has 5 nitrogen and oxygen atoms in total. The number of hydrogen-bond acceptors (Lipinski definition) is 4. The molecule has 1 fully saturated rings. The summed E-state index contributed by atoms with van der Waals surface area (Å²) in [4.78, 5) is 28.5. The summed E-state index contributed by atoms with van der Waals surface area (Å²) < 4.78 is 0. The van der Waals surface area contributed by atoms with E-state index in [1.807, 2.05) is 82.3 Å². The molecule has 0 saturated carbocycles. The molecule has 1 N–H and O–H groups in total. The van der Waals surface area contributed by atoms with Gasteiger partial charge in [-0.15, -0.1) is 0 Å². The molecule has 1 atom stereocenters. The van der Waals surface area contributed by atoms with Crippen molar-refractivity contribution in [1.82, 2.24) is 0 Å². The van der Waals surface area contributed by atoms with Gasteiger partial charge in [-0.2, -0.15) is 5.26 Å². The molecular formula is C29H27N3O2S. The van der Waals surface area contributed by atoms with E-state index >= 15 is 0 Å². The molecule has 6 heteroatoms. The van der Waals surface area contributed by atoms with Crippen LogP contribution in [0.4, 0.5) is 11.4 Å². The van der Waals surface area contributed by atoms with E-state index in [0.29, 0.717) is 22.8 Å². The molecule has 1 unspecified atom stereocenters. The van der Waals surface area contributed by atoms with Crippen LogP contribution in [-0.2, 0) is 16.0 Å². The molecule has 3 aromatic rings. The summed E-state index contributed by atoms with van der Waals surface area (Å²) in [5.41, 5.74) is 6.41. The Hall–Kier alpha value is -3.82. The van der Waals surface area contributed by atoms with Crippen LogP contribution < -0.4 is 10.2 Å². The zero-order valence-corrected chi connectivity index (χ0v) is 21.1. The molecule has 176 valence electrons. The molecule has 2 amide bonds. The number of nitrogens with zero attached hydrogens (tertiary/aromatic N) is 2. The number of benzene rings is 3. The average molecular weight is 482 g/mol. The van der Waals surface area contributed by atoms with E-state index < -0.39 is 11.2 Å². The first-order valence-corrected chi connectivity index (χ1v) is 12.3. The molecular weight excluding hydrogens is 454 g/mol. The highest BCUT2D eigenvalue weighted by Crippen LogP contribution is 2.42. The third kappa shape index (κ3) is 5.16. The van der Waals surface area contributed by atoms with Crippen molar-refractivity contribution in [1.29, 1.82) is 5.26 Å². The van der Waals surface area contributed by atoms with E-state index in [0.717, 1.165) is 27.8 Å². The number of para-hydroxylation sites is 1. The fourth-order valence-corrected chi connectivity index (χ4v) is 5.35. The third-order valence-corrected chi connectivity index (χ3v) is 7.41. The van der Waals surface area contributed by atoms with Crippen LogP contribution in [-0.4, -0.2) is 17.1 Å². The minimum atomic E-state index is -0.526. The smallest absolute Gasteiger partial charge is 0.269 e. The Morgan fingerprint density at radius 2 is 1.74 bits per heavy atom. The predicted octanol–water partition coefficient (Wildman–Crippen LogP) is 5.99. The van der Waals surface area contributed by atoms with Gasteiger partial charge in [0.05, 0.1) is 5.25 Å². The second-order valence-corrected chi connectivity index (χ2v) is 9.99. The van der Waals surface area contributed by atoms with Crippen LogP contribution in [0.25, 0.3) is 0 Å². The molecule has 0 aliphatic carbocycles. The van der Waals surface area contributed by atoms with E-state index in [-0.39, 0.29) is 11.5 Å². The lowest BCUT2D eigenvalue weighted by molar-refractivity contribution is -0.117. The Labute approximate surface area is 210 Å². The number of rotatable bonds is 5. The number of aryl methyl sites for hydroxylation is 4. The summed E-state index contributed by atoms with van der Waals surface area (Å²) in [6, 6.07) is 23.3. The van der Waals surface area contributed by atoms with Gasteiger partial charge in [0.15, 0.2) is 0 Å². The van der Waals surface area contributed by atoms with Crippen LogP contribution in [0.3, 0.4) is 0 Å². The third-order valence-electron chi connectivity index (χ3n) is 6.15. The Kier molecular flexibility index (Phi) is 7.09. The number of hydrogen-bond donors (Lipinski definition) is 1. The molecule has 1 saturated heterocycles. The fraction of sp³-hybridized carbons (Fsp3) is 0.207. The van der Waals surface area contributed by atoms with Gasteiger partial charge in [0, 0.05) is 11.4 Å². The lowest BCUT2D eigenvalue weighted by atomic mass is 10.1. The summed E-state index contributed by atoms with van der Waals surface area (Å²) >= 11 is 1.28. The van der Waals surface area contributed by atoms with Crippen LogP contribution >= 0.6 is 11.8 Å². The number of anilines is 2. The summed E-state index contributed by atoms with van der Waals surface area (Å²) in [6.45, 7) is 7.90. The van der Waals surface area contributed by atoms with Crippen LogP contribution in [0.1, 0.15) is 27.8 Å². The van der Waals surface area contributed by atoms with Crippen molar-refractivity contribution in [3.05, 3.63) is 105 Å². The van der Waals surface area contributed by atoms with Crippen molar-refractivity contribution in [3.8, 4) is 6.07 Å². The first-order valence-electron chi connectivity index (χ1n) is 11.4. The Bertz CT molecular complexity index is 1390. The normalized spacial score (nSPS) is 16.7. The average Bonchev–Trinajstić information content (AvgIpc) is 3.13. The maximum Gasteiger partial charge on any atom is 0.269 e. The number of carbonyl (C=O) groups is 2. The number of thioether (sulfide) groups is 1. The topological polar surface area (TPSA) is 73.2 Å². The Morgan fingerprint density at radius 3 is 2.43 bits per heavy atom. The van der Waals surface area contributed by atoms with Gasteiger partial charge >= 0.3 is 0 Å².